The van der Waals surface area contributed by atoms with Gasteiger partial charge < -0.3 is 10.9 Å². The summed E-state index contributed by atoms with van der Waals surface area (Å²) in [4.78, 5) is 3.90. The van der Waals surface area contributed by atoms with E-state index in [1.54, 1.807) is 13.8 Å². The molecule has 0 saturated carbocycles. The van der Waals surface area contributed by atoms with Crippen molar-refractivity contribution in [3.8, 4) is 0 Å². The number of nitrogens with two attached hydrogens (primary N) is 1. The maximum atomic E-state index is 12.1. The molecule has 1 heterocycles. The van der Waals surface area contributed by atoms with Crippen LogP contribution in [-0.2, 0) is 10.0 Å². The summed E-state index contributed by atoms with van der Waals surface area (Å²) in [6.07, 6.45) is 1.31. The first-order valence-corrected chi connectivity index (χ1v) is 7.06. The highest BCUT2D eigenvalue weighted by molar-refractivity contribution is 7.91. The molecule has 9 heteroatoms. The van der Waals surface area contributed by atoms with Gasteiger partial charge in [0.05, 0.1) is 17.7 Å². The summed E-state index contributed by atoms with van der Waals surface area (Å²) in [6.45, 7) is 3.49. The van der Waals surface area contributed by atoms with E-state index in [-0.39, 0.29) is 23.1 Å². The van der Waals surface area contributed by atoms with Crippen LogP contribution in [0, 0.1) is 6.92 Å². The minimum atomic E-state index is -3.62. The Kier molecular flexibility index (Phi) is 4.43. The third kappa shape index (κ3) is 3.14. The first-order valence-electron chi connectivity index (χ1n) is 4.80. The molecule has 0 aliphatic carbocycles. The Balaban J connectivity index is 3.02. The molecule has 1 aromatic heterocycles. The summed E-state index contributed by atoms with van der Waals surface area (Å²) >= 11 is 1.09. The molecule has 0 aliphatic rings. The van der Waals surface area contributed by atoms with E-state index in [2.05, 4.69) is 10.1 Å². The van der Waals surface area contributed by atoms with Gasteiger partial charge in [-0.1, -0.05) is 12.1 Å². The van der Waals surface area contributed by atoms with Crippen molar-refractivity contribution in [1.29, 1.82) is 0 Å². The number of sulfonamides is 1. The van der Waals surface area contributed by atoms with Crippen LogP contribution in [0.2, 0.25) is 0 Å². The van der Waals surface area contributed by atoms with Crippen molar-refractivity contribution < 1.29 is 13.6 Å². The van der Waals surface area contributed by atoms with E-state index >= 15 is 0 Å². The van der Waals surface area contributed by atoms with E-state index in [9.17, 15) is 8.42 Å². The van der Waals surface area contributed by atoms with Gasteiger partial charge in [-0.25, -0.2) is 13.4 Å². The zero-order chi connectivity index (χ0) is 13.1. The molecule has 0 fully saturated rings. The van der Waals surface area contributed by atoms with Crippen LogP contribution in [-0.4, -0.2) is 41.8 Å². The van der Waals surface area contributed by atoms with Crippen molar-refractivity contribution in [2.75, 3.05) is 13.1 Å². The topological polar surface area (TPSA) is 109 Å². The van der Waals surface area contributed by atoms with E-state index in [1.807, 2.05) is 0 Å². The molecule has 0 aromatic carbocycles. The number of rotatable bonds is 5. The molecule has 0 aliphatic heterocycles. The lowest BCUT2D eigenvalue weighted by Gasteiger charge is -2.18. The molecule has 0 bridgehead atoms. The van der Waals surface area contributed by atoms with Crippen LogP contribution in [0.15, 0.2) is 15.6 Å². The molecule has 0 radical (unpaired) electrons. The fourth-order valence-corrected chi connectivity index (χ4v) is 3.85. The SMILES string of the molecule is CCN(CC(N)=NO)S(=O)(=O)c1cnc(C)s1. The zero-order valence-electron chi connectivity index (χ0n) is 9.49. The van der Waals surface area contributed by atoms with Crippen molar-refractivity contribution >= 4 is 27.2 Å². The molecular formula is C8H14N4O3S2. The maximum Gasteiger partial charge on any atom is 0.254 e. The first-order chi connectivity index (χ1) is 7.91. The van der Waals surface area contributed by atoms with Crippen LogP contribution in [0.3, 0.4) is 0 Å². The van der Waals surface area contributed by atoms with Gasteiger partial charge in [0.25, 0.3) is 10.0 Å². The van der Waals surface area contributed by atoms with Gasteiger partial charge in [0.2, 0.25) is 0 Å². The highest BCUT2D eigenvalue weighted by Gasteiger charge is 2.25. The fraction of sp³-hybridized carbons (Fsp3) is 0.500. The van der Waals surface area contributed by atoms with Crippen molar-refractivity contribution in [2.24, 2.45) is 10.9 Å². The predicted molar refractivity (Wildman–Crippen MR) is 64.7 cm³/mol. The minimum absolute atomic E-state index is 0.147. The molecule has 17 heavy (non-hydrogen) atoms. The number of hydrogen-bond acceptors (Lipinski definition) is 6. The van der Waals surface area contributed by atoms with E-state index in [0.717, 1.165) is 15.6 Å². The van der Waals surface area contributed by atoms with Gasteiger partial charge >= 0.3 is 0 Å². The second-order valence-electron chi connectivity index (χ2n) is 3.22. The summed E-state index contributed by atoms with van der Waals surface area (Å²) in [6, 6.07) is 0. The summed E-state index contributed by atoms with van der Waals surface area (Å²) in [5.41, 5.74) is 5.31. The van der Waals surface area contributed by atoms with Crippen LogP contribution in [0.4, 0.5) is 0 Å². The predicted octanol–water partition coefficient (Wildman–Crippen LogP) is 0.209. The van der Waals surface area contributed by atoms with Gasteiger partial charge in [-0.3, -0.25) is 0 Å². The Morgan fingerprint density at radius 2 is 2.35 bits per heavy atom. The monoisotopic (exact) mass is 278 g/mol. The minimum Gasteiger partial charge on any atom is -0.409 e. The van der Waals surface area contributed by atoms with Crippen molar-refractivity contribution in [3.05, 3.63) is 11.2 Å². The number of hydrogen-bond donors (Lipinski definition) is 2. The lowest BCUT2D eigenvalue weighted by Crippen LogP contribution is -2.38. The quantitative estimate of drug-likeness (QED) is 0.346. The summed E-state index contributed by atoms with van der Waals surface area (Å²) < 4.78 is 25.5. The molecule has 7 nitrogen and oxygen atoms in total. The highest BCUT2D eigenvalue weighted by atomic mass is 32.2. The van der Waals surface area contributed by atoms with Gasteiger partial charge in [0.1, 0.15) is 0 Å². The second kappa shape index (κ2) is 5.43. The van der Waals surface area contributed by atoms with E-state index in [1.165, 1.54) is 6.20 Å². The number of nitrogens with zero attached hydrogens (tertiary/aromatic N) is 3. The van der Waals surface area contributed by atoms with Crippen molar-refractivity contribution in [3.63, 3.8) is 0 Å². The maximum absolute atomic E-state index is 12.1. The fourth-order valence-electron chi connectivity index (χ4n) is 1.17. The molecule has 0 spiro atoms. The summed E-state index contributed by atoms with van der Waals surface area (Å²) in [7, 11) is -3.62. The molecule has 1 rings (SSSR count). The molecule has 0 atom stereocenters. The second-order valence-corrected chi connectivity index (χ2v) is 6.62. The van der Waals surface area contributed by atoms with Crippen LogP contribution in [0.25, 0.3) is 0 Å². The lowest BCUT2D eigenvalue weighted by atomic mass is 10.6. The molecular weight excluding hydrogens is 264 g/mol. The average Bonchev–Trinajstić information content (AvgIpc) is 2.72. The summed E-state index contributed by atoms with van der Waals surface area (Å²) in [5.74, 6) is -0.156. The third-order valence-electron chi connectivity index (χ3n) is 2.01. The number of thiazole rings is 1. The molecule has 0 unspecified atom stereocenters. The van der Waals surface area contributed by atoms with Gasteiger partial charge in [-0.15, -0.1) is 11.3 Å². The highest BCUT2D eigenvalue weighted by Crippen LogP contribution is 2.21. The van der Waals surface area contributed by atoms with Crippen molar-refractivity contribution in [2.45, 2.75) is 18.1 Å². The number of amidine groups is 1. The zero-order valence-corrected chi connectivity index (χ0v) is 11.1. The Labute approximate surface area is 104 Å². The normalized spacial score (nSPS) is 13.2. The molecule has 96 valence electrons. The number of oxime groups is 1. The van der Waals surface area contributed by atoms with Crippen LogP contribution >= 0.6 is 11.3 Å². The molecule has 3 N–H and O–H groups in total. The van der Waals surface area contributed by atoms with Gasteiger partial charge in [0, 0.05) is 6.54 Å². The average molecular weight is 278 g/mol. The van der Waals surface area contributed by atoms with Crippen LogP contribution < -0.4 is 5.73 Å². The Morgan fingerprint density at radius 3 is 2.76 bits per heavy atom. The van der Waals surface area contributed by atoms with Gasteiger partial charge in [-0.2, -0.15) is 4.31 Å². The number of aromatic nitrogens is 1. The van der Waals surface area contributed by atoms with E-state index < -0.39 is 10.0 Å². The van der Waals surface area contributed by atoms with E-state index in [0.29, 0.717) is 5.01 Å². The number of likely N-dealkylation sites (N-methyl/N-ethyl adjacent to an activating group) is 1. The molecule has 0 saturated heterocycles. The van der Waals surface area contributed by atoms with E-state index in [4.69, 9.17) is 10.9 Å². The van der Waals surface area contributed by atoms with Gasteiger partial charge in [-0.05, 0) is 6.92 Å². The Hall–Kier alpha value is -1.19. The Morgan fingerprint density at radius 1 is 1.71 bits per heavy atom. The smallest absolute Gasteiger partial charge is 0.254 e. The summed E-state index contributed by atoms with van der Waals surface area (Å²) in [5, 5.41) is 11.9. The van der Waals surface area contributed by atoms with Gasteiger partial charge in [0.15, 0.2) is 10.0 Å². The molecule has 1 aromatic rings. The molecule has 0 amide bonds. The number of aryl methyl sites for hydroxylation is 1. The lowest BCUT2D eigenvalue weighted by molar-refractivity contribution is 0.315. The largest absolute Gasteiger partial charge is 0.409 e. The standard InChI is InChI=1S/C8H14N4O3S2/c1-3-12(5-7(9)11-13)17(14,15)8-4-10-6(2)16-8/h4,13H,3,5H2,1-2H3,(H2,9,11). The van der Waals surface area contributed by atoms with Crippen LogP contribution in [0.1, 0.15) is 11.9 Å². The van der Waals surface area contributed by atoms with Crippen LogP contribution in [0.5, 0.6) is 0 Å². The third-order valence-corrected chi connectivity index (χ3v) is 5.28. The Bertz CT molecular complexity index is 509. The first kappa shape index (κ1) is 13.9. The van der Waals surface area contributed by atoms with Crippen molar-refractivity contribution in [1.82, 2.24) is 9.29 Å².